The highest BCUT2D eigenvalue weighted by atomic mass is 127. The SMILES string of the molecule is CC1COCC(C)N1c1cc(CI)nc(Cl)n1. The minimum atomic E-state index is 0.312. The summed E-state index contributed by atoms with van der Waals surface area (Å²) in [5, 5.41) is 0.319. The molecule has 0 saturated carbocycles. The maximum absolute atomic E-state index is 5.96. The number of nitrogens with zero attached hydrogens (tertiary/aromatic N) is 3. The van der Waals surface area contributed by atoms with Crippen molar-refractivity contribution in [2.24, 2.45) is 0 Å². The Labute approximate surface area is 120 Å². The summed E-state index contributed by atoms with van der Waals surface area (Å²) in [5.41, 5.74) is 0.964. The van der Waals surface area contributed by atoms with Crippen molar-refractivity contribution in [2.45, 2.75) is 30.4 Å². The number of ether oxygens (including phenoxy) is 1. The molecule has 2 atom stereocenters. The van der Waals surface area contributed by atoms with Gasteiger partial charge in [0.2, 0.25) is 5.28 Å². The molecule has 0 aromatic carbocycles. The van der Waals surface area contributed by atoms with Crippen LogP contribution in [0.25, 0.3) is 0 Å². The van der Waals surface area contributed by atoms with E-state index < -0.39 is 0 Å². The van der Waals surface area contributed by atoms with Crippen LogP contribution < -0.4 is 4.90 Å². The predicted molar refractivity (Wildman–Crippen MR) is 77.0 cm³/mol. The smallest absolute Gasteiger partial charge is 0.224 e. The van der Waals surface area contributed by atoms with E-state index in [0.29, 0.717) is 17.4 Å². The summed E-state index contributed by atoms with van der Waals surface area (Å²) < 4.78 is 6.35. The van der Waals surface area contributed by atoms with Gasteiger partial charge in [0.15, 0.2) is 0 Å². The molecular formula is C11H15ClIN3O. The maximum atomic E-state index is 5.96. The van der Waals surface area contributed by atoms with Crippen LogP contribution in [0.5, 0.6) is 0 Å². The Balaban J connectivity index is 2.34. The van der Waals surface area contributed by atoms with E-state index >= 15 is 0 Å². The van der Waals surface area contributed by atoms with E-state index in [0.717, 1.165) is 29.2 Å². The van der Waals surface area contributed by atoms with Gasteiger partial charge in [0, 0.05) is 10.5 Å². The Morgan fingerprint density at radius 1 is 1.41 bits per heavy atom. The summed E-state index contributed by atoms with van der Waals surface area (Å²) in [6, 6.07) is 2.63. The summed E-state index contributed by atoms with van der Waals surface area (Å²) in [5.74, 6) is 0.903. The average molecular weight is 368 g/mol. The number of halogens is 2. The zero-order chi connectivity index (χ0) is 12.4. The first kappa shape index (κ1) is 13.3. The summed E-state index contributed by atoms with van der Waals surface area (Å²) in [4.78, 5) is 10.8. The first-order chi connectivity index (χ1) is 8.11. The molecule has 1 aromatic heterocycles. The van der Waals surface area contributed by atoms with Crippen molar-refractivity contribution in [1.82, 2.24) is 9.97 Å². The second-order valence-electron chi connectivity index (χ2n) is 4.26. The van der Waals surface area contributed by atoms with E-state index in [-0.39, 0.29) is 0 Å². The molecule has 94 valence electrons. The molecule has 2 rings (SSSR count). The lowest BCUT2D eigenvalue weighted by Crippen LogP contribution is -2.50. The van der Waals surface area contributed by atoms with Gasteiger partial charge in [-0.3, -0.25) is 0 Å². The number of morpholine rings is 1. The van der Waals surface area contributed by atoms with Gasteiger partial charge >= 0.3 is 0 Å². The van der Waals surface area contributed by atoms with Gasteiger partial charge < -0.3 is 9.64 Å². The molecule has 0 N–H and O–H groups in total. The van der Waals surface area contributed by atoms with Gasteiger partial charge in [-0.15, -0.1) is 0 Å². The summed E-state index contributed by atoms with van der Waals surface area (Å²) in [6.45, 7) is 5.72. The normalized spacial score (nSPS) is 25.1. The van der Waals surface area contributed by atoms with E-state index in [4.69, 9.17) is 16.3 Å². The second-order valence-corrected chi connectivity index (χ2v) is 5.36. The lowest BCUT2D eigenvalue weighted by Gasteiger charge is -2.39. The van der Waals surface area contributed by atoms with Gasteiger partial charge in [0.05, 0.1) is 31.0 Å². The summed E-state index contributed by atoms with van der Waals surface area (Å²) >= 11 is 8.24. The van der Waals surface area contributed by atoms with E-state index in [1.807, 2.05) is 6.07 Å². The predicted octanol–water partition coefficient (Wildman–Crippen LogP) is 2.68. The fourth-order valence-electron chi connectivity index (χ4n) is 2.11. The van der Waals surface area contributed by atoms with E-state index in [9.17, 15) is 0 Å². The van der Waals surface area contributed by atoms with E-state index in [1.165, 1.54) is 0 Å². The van der Waals surface area contributed by atoms with Gasteiger partial charge in [-0.05, 0) is 25.4 Å². The number of hydrogen-bond donors (Lipinski definition) is 0. The van der Waals surface area contributed by atoms with Crippen molar-refractivity contribution < 1.29 is 4.74 Å². The maximum Gasteiger partial charge on any atom is 0.224 e. The molecule has 1 saturated heterocycles. The zero-order valence-electron chi connectivity index (χ0n) is 9.86. The largest absolute Gasteiger partial charge is 0.377 e. The Bertz CT molecular complexity index is 394. The first-order valence-corrected chi connectivity index (χ1v) is 7.47. The highest BCUT2D eigenvalue weighted by molar-refractivity contribution is 14.1. The number of aromatic nitrogens is 2. The van der Waals surface area contributed by atoms with Gasteiger partial charge in [-0.25, -0.2) is 9.97 Å². The molecule has 0 aliphatic carbocycles. The third kappa shape index (κ3) is 3.00. The van der Waals surface area contributed by atoms with Crippen molar-refractivity contribution in [3.63, 3.8) is 0 Å². The van der Waals surface area contributed by atoms with Crippen LogP contribution in [0.15, 0.2) is 6.07 Å². The number of hydrogen-bond acceptors (Lipinski definition) is 4. The fraction of sp³-hybridized carbons (Fsp3) is 0.636. The molecule has 2 unspecified atom stereocenters. The minimum Gasteiger partial charge on any atom is -0.377 e. The molecule has 6 heteroatoms. The quantitative estimate of drug-likeness (QED) is 0.458. The van der Waals surface area contributed by atoms with E-state index in [2.05, 4.69) is 51.3 Å². The van der Waals surface area contributed by atoms with Gasteiger partial charge in [-0.2, -0.15) is 0 Å². The molecule has 4 nitrogen and oxygen atoms in total. The molecule has 0 bridgehead atoms. The lowest BCUT2D eigenvalue weighted by molar-refractivity contribution is 0.0752. The molecule has 2 heterocycles. The lowest BCUT2D eigenvalue weighted by atomic mass is 10.1. The molecule has 0 radical (unpaired) electrons. The van der Waals surface area contributed by atoms with Crippen LogP contribution in [0.4, 0.5) is 5.82 Å². The van der Waals surface area contributed by atoms with E-state index in [1.54, 1.807) is 0 Å². The van der Waals surface area contributed by atoms with Crippen LogP contribution in [0.1, 0.15) is 19.5 Å². The van der Waals surface area contributed by atoms with Crippen LogP contribution in [-0.4, -0.2) is 35.3 Å². The van der Waals surface area contributed by atoms with Crippen LogP contribution >= 0.6 is 34.2 Å². The number of alkyl halides is 1. The molecule has 0 spiro atoms. The Morgan fingerprint density at radius 3 is 2.65 bits per heavy atom. The van der Waals surface area contributed by atoms with Crippen molar-refractivity contribution in [2.75, 3.05) is 18.1 Å². The molecular weight excluding hydrogens is 352 g/mol. The Kier molecular flexibility index (Phi) is 4.43. The van der Waals surface area contributed by atoms with Gasteiger partial charge in [0.25, 0.3) is 0 Å². The second kappa shape index (κ2) is 5.67. The van der Waals surface area contributed by atoms with Gasteiger partial charge in [-0.1, -0.05) is 22.6 Å². The highest BCUT2D eigenvalue weighted by Crippen LogP contribution is 2.24. The first-order valence-electron chi connectivity index (χ1n) is 5.57. The Morgan fingerprint density at radius 2 is 2.06 bits per heavy atom. The number of rotatable bonds is 2. The average Bonchev–Trinajstić information content (AvgIpc) is 2.28. The van der Waals surface area contributed by atoms with Crippen LogP contribution in [0.3, 0.4) is 0 Å². The third-order valence-corrected chi connectivity index (χ3v) is 3.76. The minimum absolute atomic E-state index is 0.312. The van der Waals surface area contributed by atoms with Crippen molar-refractivity contribution in [3.05, 3.63) is 17.0 Å². The molecule has 1 aromatic rings. The molecule has 1 fully saturated rings. The molecule has 1 aliphatic rings. The molecule has 1 aliphatic heterocycles. The Hall–Kier alpha value is -0.140. The third-order valence-electron chi connectivity index (χ3n) is 2.81. The molecule has 17 heavy (non-hydrogen) atoms. The molecule has 0 amide bonds. The van der Waals surface area contributed by atoms with Crippen molar-refractivity contribution in [1.29, 1.82) is 0 Å². The topological polar surface area (TPSA) is 38.2 Å². The highest BCUT2D eigenvalue weighted by Gasteiger charge is 2.27. The summed E-state index contributed by atoms with van der Waals surface area (Å²) in [7, 11) is 0. The van der Waals surface area contributed by atoms with Crippen molar-refractivity contribution in [3.8, 4) is 0 Å². The van der Waals surface area contributed by atoms with Crippen LogP contribution in [0, 0.1) is 0 Å². The standard InChI is InChI=1S/C11H15ClIN3O/c1-7-5-17-6-8(2)16(7)10-3-9(4-13)14-11(12)15-10/h3,7-8H,4-6H2,1-2H3. The monoisotopic (exact) mass is 367 g/mol. The van der Waals surface area contributed by atoms with Gasteiger partial charge in [0.1, 0.15) is 5.82 Å². The number of anilines is 1. The zero-order valence-corrected chi connectivity index (χ0v) is 12.8. The van der Waals surface area contributed by atoms with Crippen LogP contribution in [0.2, 0.25) is 5.28 Å². The van der Waals surface area contributed by atoms with Crippen molar-refractivity contribution >= 4 is 40.0 Å². The summed E-state index contributed by atoms with van der Waals surface area (Å²) in [6.07, 6.45) is 0. The van der Waals surface area contributed by atoms with Crippen LogP contribution in [-0.2, 0) is 9.16 Å². The fourth-order valence-corrected chi connectivity index (χ4v) is 2.69.